The van der Waals surface area contributed by atoms with E-state index in [4.69, 9.17) is 4.55 Å². The van der Waals surface area contributed by atoms with Gasteiger partial charge in [0.25, 0.3) is 10.1 Å². The quantitative estimate of drug-likeness (QED) is 0.451. The first kappa shape index (κ1) is 24.5. The fourth-order valence-electron chi connectivity index (χ4n) is 5.86. The van der Waals surface area contributed by atoms with Gasteiger partial charge in [0.05, 0.1) is 16.7 Å². The van der Waals surface area contributed by atoms with Gasteiger partial charge in [0.2, 0.25) is 5.65 Å². The van der Waals surface area contributed by atoms with Crippen LogP contribution < -0.4 is 10.2 Å². The van der Waals surface area contributed by atoms with E-state index in [1.807, 2.05) is 31.4 Å². The lowest BCUT2D eigenvalue weighted by Gasteiger charge is -2.39. The highest BCUT2D eigenvalue weighted by Gasteiger charge is 2.65. The Morgan fingerprint density at radius 1 is 1.31 bits per heavy atom. The fraction of sp³-hybridized carbons (Fsp3) is 0.591. The number of hydrogen-bond donors (Lipinski definition) is 2. The van der Waals surface area contributed by atoms with Gasteiger partial charge in [-0.05, 0) is 53.2 Å². The molecule has 3 aliphatic rings. The van der Waals surface area contributed by atoms with Gasteiger partial charge >= 0.3 is 0 Å². The molecule has 0 spiro atoms. The maximum atomic E-state index is 11.9. The van der Waals surface area contributed by atoms with Crippen molar-refractivity contribution in [1.29, 1.82) is 0 Å². The Morgan fingerprint density at radius 3 is 2.66 bits per heavy atom. The van der Waals surface area contributed by atoms with Crippen molar-refractivity contribution in [3.8, 4) is 0 Å². The molecule has 3 aromatic rings. The van der Waals surface area contributed by atoms with Gasteiger partial charge in [-0.1, -0.05) is 13.8 Å². The number of ketones is 1. The highest BCUT2D eigenvalue weighted by atomic mass is 79.9. The lowest BCUT2D eigenvalue weighted by Crippen LogP contribution is -2.57. The van der Waals surface area contributed by atoms with E-state index in [2.05, 4.69) is 46.3 Å². The molecule has 13 heteroatoms. The second-order valence-electron chi connectivity index (χ2n) is 10.2. The van der Waals surface area contributed by atoms with Crippen molar-refractivity contribution in [2.75, 3.05) is 30.8 Å². The largest absolute Gasteiger partial charge is 0.350 e. The number of pyridine rings is 1. The molecule has 1 aliphatic heterocycles. The molecule has 0 amide bonds. The van der Waals surface area contributed by atoms with Crippen molar-refractivity contribution in [3.05, 3.63) is 23.1 Å². The molecule has 2 N–H and O–H groups in total. The molecule has 35 heavy (non-hydrogen) atoms. The van der Waals surface area contributed by atoms with Crippen LogP contribution in [-0.2, 0) is 14.9 Å². The van der Waals surface area contributed by atoms with E-state index >= 15 is 0 Å². The fourth-order valence-corrected chi connectivity index (χ4v) is 7.48. The Kier molecular flexibility index (Phi) is 5.89. The smallest absolute Gasteiger partial charge is 0.265 e. The number of rotatable bonds is 4. The molecule has 6 rings (SSSR count). The summed E-state index contributed by atoms with van der Waals surface area (Å²) in [5.74, 6) is 0.743. The number of carbonyl (C=O) groups is 1. The topological polar surface area (TPSA) is 143 Å². The zero-order valence-electron chi connectivity index (χ0n) is 19.8. The van der Waals surface area contributed by atoms with Gasteiger partial charge in [-0.15, -0.1) is 10.2 Å². The van der Waals surface area contributed by atoms with E-state index in [-0.39, 0.29) is 17.1 Å². The minimum Gasteiger partial charge on any atom is -0.350 e. The highest BCUT2D eigenvalue weighted by molar-refractivity contribution is 9.10. The highest BCUT2D eigenvalue weighted by Crippen LogP contribution is 2.64. The standard InChI is InChI=1S/C12H12BrN7.C10H16O4S/c1-14-8-4-19(5-8)11-12-18-16-6-20(12)9-2-7(13)3-15-10(9)17-11;1-9(2)7-3-4-10(9,8(11)5-7)6-15(12,13)14/h2-3,6,8,14H,4-5H2,1H3;7H,3-6H2,1-2H3,(H,12,13,14). The first-order chi connectivity index (χ1) is 16.4. The molecule has 2 aliphatic carbocycles. The second-order valence-corrected chi connectivity index (χ2v) is 12.6. The van der Waals surface area contributed by atoms with Crippen LogP contribution in [-0.4, -0.2) is 75.3 Å². The number of anilines is 1. The second kappa shape index (κ2) is 8.43. The maximum absolute atomic E-state index is 11.9. The summed E-state index contributed by atoms with van der Waals surface area (Å²) < 4.78 is 33.8. The van der Waals surface area contributed by atoms with Gasteiger partial charge in [0.15, 0.2) is 11.5 Å². The van der Waals surface area contributed by atoms with E-state index in [0.717, 1.165) is 41.0 Å². The maximum Gasteiger partial charge on any atom is 0.265 e. The molecule has 1 saturated heterocycles. The SMILES string of the molecule is CC1(C)C2CCC1(CS(=O)(=O)O)C(=O)C2.CNC1CN(c2nc3ncc(Br)cc3n3cnnc23)C1. The lowest BCUT2D eigenvalue weighted by atomic mass is 9.70. The molecular formula is C22H28BrN7O4S. The number of nitrogens with zero attached hydrogens (tertiary/aromatic N) is 6. The third-order valence-corrected chi connectivity index (χ3v) is 9.48. The first-order valence-electron chi connectivity index (χ1n) is 11.5. The normalized spacial score (nSPS) is 25.7. The van der Waals surface area contributed by atoms with Crippen LogP contribution in [0, 0.1) is 16.7 Å². The number of hydrogen-bond acceptors (Lipinski definition) is 9. The Hall–Kier alpha value is -2.22. The Balaban J connectivity index is 0.000000152. The van der Waals surface area contributed by atoms with E-state index in [0.29, 0.717) is 24.5 Å². The van der Waals surface area contributed by atoms with Gasteiger partial charge in [-0.2, -0.15) is 8.42 Å². The summed E-state index contributed by atoms with van der Waals surface area (Å²) in [5, 5.41) is 11.5. The van der Waals surface area contributed by atoms with Crippen LogP contribution >= 0.6 is 15.9 Å². The summed E-state index contributed by atoms with van der Waals surface area (Å²) in [6.45, 7) is 5.74. The van der Waals surface area contributed by atoms with Crippen LogP contribution in [0.1, 0.15) is 33.1 Å². The van der Waals surface area contributed by atoms with Gasteiger partial charge in [-0.25, -0.2) is 9.97 Å². The number of Topliss-reactive ketones (excluding diaryl/α,β-unsaturated/α-hetero) is 1. The van der Waals surface area contributed by atoms with Crippen LogP contribution in [0.5, 0.6) is 0 Å². The molecule has 3 aromatic heterocycles. The van der Waals surface area contributed by atoms with Gasteiger partial charge in [-0.3, -0.25) is 13.7 Å². The third kappa shape index (κ3) is 4.02. The molecule has 2 bridgehead atoms. The number of carbonyl (C=O) groups excluding carboxylic acids is 1. The summed E-state index contributed by atoms with van der Waals surface area (Å²) in [6.07, 6.45) is 5.42. The predicted octanol–water partition coefficient (Wildman–Crippen LogP) is 2.11. The van der Waals surface area contributed by atoms with Gasteiger partial charge < -0.3 is 10.2 Å². The zero-order chi connectivity index (χ0) is 25.2. The van der Waals surface area contributed by atoms with Gasteiger partial charge in [0.1, 0.15) is 12.1 Å². The zero-order valence-corrected chi connectivity index (χ0v) is 22.2. The minimum atomic E-state index is -4.08. The first-order valence-corrected chi connectivity index (χ1v) is 13.9. The summed E-state index contributed by atoms with van der Waals surface area (Å²) in [4.78, 5) is 23.1. The van der Waals surface area contributed by atoms with Crippen molar-refractivity contribution in [2.45, 2.75) is 39.2 Å². The van der Waals surface area contributed by atoms with E-state index < -0.39 is 21.3 Å². The molecule has 0 radical (unpaired) electrons. The van der Waals surface area contributed by atoms with Crippen molar-refractivity contribution >= 4 is 54.5 Å². The average Bonchev–Trinajstić information content (AvgIpc) is 3.37. The summed E-state index contributed by atoms with van der Waals surface area (Å²) >= 11 is 3.43. The number of halogens is 1. The monoisotopic (exact) mass is 565 g/mol. The van der Waals surface area contributed by atoms with Crippen LogP contribution in [0.2, 0.25) is 0 Å². The van der Waals surface area contributed by atoms with Crippen LogP contribution in [0.4, 0.5) is 5.82 Å². The van der Waals surface area contributed by atoms with Gasteiger partial charge in [0, 0.05) is 36.2 Å². The molecule has 11 nitrogen and oxygen atoms in total. The Labute approximate surface area is 211 Å². The Morgan fingerprint density at radius 2 is 2.06 bits per heavy atom. The molecule has 3 fully saturated rings. The van der Waals surface area contributed by atoms with Crippen LogP contribution in [0.25, 0.3) is 16.8 Å². The van der Waals surface area contributed by atoms with Crippen molar-refractivity contribution in [3.63, 3.8) is 0 Å². The van der Waals surface area contributed by atoms with E-state index in [9.17, 15) is 13.2 Å². The third-order valence-electron chi connectivity index (χ3n) is 8.19. The number of aromatic nitrogens is 5. The minimum absolute atomic E-state index is 0.0152. The molecule has 188 valence electrons. The van der Waals surface area contributed by atoms with Crippen LogP contribution in [0.15, 0.2) is 23.1 Å². The molecule has 2 atom stereocenters. The lowest BCUT2D eigenvalue weighted by molar-refractivity contribution is -0.128. The number of nitrogens with one attached hydrogen (secondary N) is 1. The average molecular weight is 566 g/mol. The van der Waals surface area contributed by atoms with Crippen molar-refractivity contribution in [2.24, 2.45) is 16.7 Å². The van der Waals surface area contributed by atoms with E-state index in [1.54, 1.807) is 12.5 Å². The molecule has 2 unspecified atom stereocenters. The van der Waals surface area contributed by atoms with Crippen molar-refractivity contribution < 1.29 is 17.8 Å². The summed E-state index contributed by atoms with van der Waals surface area (Å²) in [5.41, 5.74) is 1.25. The number of fused-ring (bicyclic) bond motifs is 5. The van der Waals surface area contributed by atoms with Crippen LogP contribution in [0.3, 0.4) is 0 Å². The molecule has 0 aromatic carbocycles. The molecule has 2 saturated carbocycles. The Bertz CT molecular complexity index is 1420. The van der Waals surface area contributed by atoms with Crippen molar-refractivity contribution in [1.82, 2.24) is 29.9 Å². The predicted molar refractivity (Wildman–Crippen MR) is 134 cm³/mol. The summed E-state index contributed by atoms with van der Waals surface area (Å²) in [6, 6.07) is 2.48. The van der Waals surface area contributed by atoms with E-state index in [1.165, 1.54) is 0 Å². The summed E-state index contributed by atoms with van der Waals surface area (Å²) in [7, 11) is -2.10. The molecular weight excluding hydrogens is 538 g/mol. The number of likely N-dealkylation sites (N-methyl/N-ethyl adjacent to an activating group) is 1. The molecule has 4 heterocycles.